The maximum Gasteiger partial charge on any atom is 0.0406 e. The molecule has 1 aromatic carbocycles. The van der Waals surface area contributed by atoms with Gasteiger partial charge in [-0.3, -0.25) is 0 Å². The molecule has 0 radical (unpaired) electrons. The van der Waals surface area contributed by atoms with Crippen molar-refractivity contribution in [1.82, 2.24) is 10.2 Å². The van der Waals surface area contributed by atoms with Crippen LogP contribution in [0.5, 0.6) is 0 Å². The lowest BCUT2D eigenvalue weighted by molar-refractivity contribution is 0.396. The molecule has 0 unspecified atom stereocenters. The monoisotopic (exact) mass is 272 g/mol. The molecule has 0 aliphatic rings. The molecule has 17 heavy (non-hydrogen) atoms. The van der Waals surface area contributed by atoms with Crippen LogP contribution in [0.15, 0.2) is 29.2 Å². The molecule has 0 aromatic heterocycles. The van der Waals surface area contributed by atoms with Crippen molar-refractivity contribution in [3.63, 3.8) is 0 Å². The number of hydrogen-bond donors (Lipinski definition) is 1. The first-order valence-electron chi connectivity index (χ1n) is 5.92. The summed E-state index contributed by atoms with van der Waals surface area (Å²) in [6.07, 6.45) is 1.21. The minimum absolute atomic E-state index is 0.802. The summed E-state index contributed by atoms with van der Waals surface area (Å²) in [6.45, 7) is 3.30. The minimum Gasteiger partial charge on any atom is -0.316 e. The van der Waals surface area contributed by atoms with E-state index in [1.807, 2.05) is 23.9 Å². The zero-order chi connectivity index (χ0) is 12.5. The van der Waals surface area contributed by atoms with Crippen LogP contribution in [0.25, 0.3) is 0 Å². The Morgan fingerprint density at radius 3 is 2.53 bits per heavy atom. The van der Waals surface area contributed by atoms with Crippen LogP contribution in [0, 0.1) is 0 Å². The van der Waals surface area contributed by atoms with Crippen molar-refractivity contribution in [2.24, 2.45) is 0 Å². The van der Waals surface area contributed by atoms with Crippen molar-refractivity contribution in [2.75, 3.05) is 39.5 Å². The molecule has 0 aliphatic carbocycles. The molecule has 0 amide bonds. The van der Waals surface area contributed by atoms with E-state index in [2.05, 4.69) is 36.4 Å². The molecule has 0 fully saturated rings. The van der Waals surface area contributed by atoms with Gasteiger partial charge in [0.25, 0.3) is 0 Å². The lowest BCUT2D eigenvalue weighted by Gasteiger charge is -2.09. The van der Waals surface area contributed by atoms with Crippen molar-refractivity contribution in [3.8, 4) is 0 Å². The molecule has 0 bridgehead atoms. The second-order valence-electron chi connectivity index (χ2n) is 4.21. The average molecular weight is 273 g/mol. The maximum absolute atomic E-state index is 5.83. The van der Waals surface area contributed by atoms with E-state index in [9.17, 15) is 0 Å². The average Bonchev–Trinajstić information content (AvgIpc) is 2.30. The van der Waals surface area contributed by atoms with E-state index in [0.717, 1.165) is 30.4 Å². The van der Waals surface area contributed by atoms with Gasteiger partial charge in [-0.25, -0.2) is 0 Å². The fourth-order valence-electron chi connectivity index (χ4n) is 1.42. The summed E-state index contributed by atoms with van der Waals surface area (Å²) in [5.74, 6) is 1.10. The van der Waals surface area contributed by atoms with Crippen LogP contribution in [0.1, 0.15) is 6.42 Å². The third kappa shape index (κ3) is 7.66. The highest BCUT2D eigenvalue weighted by Crippen LogP contribution is 2.19. The van der Waals surface area contributed by atoms with Crippen LogP contribution < -0.4 is 5.32 Å². The summed E-state index contributed by atoms with van der Waals surface area (Å²) in [5, 5.41) is 4.25. The van der Waals surface area contributed by atoms with Crippen LogP contribution in [0.4, 0.5) is 0 Å². The highest BCUT2D eigenvalue weighted by molar-refractivity contribution is 7.99. The van der Waals surface area contributed by atoms with E-state index in [4.69, 9.17) is 11.6 Å². The summed E-state index contributed by atoms with van der Waals surface area (Å²) in [6, 6.07) is 8.01. The zero-order valence-electron chi connectivity index (χ0n) is 10.6. The number of rotatable bonds is 8. The van der Waals surface area contributed by atoms with Gasteiger partial charge in [0.05, 0.1) is 0 Å². The van der Waals surface area contributed by atoms with E-state index in [1.165, 1.54) is 11.3 Å². The van der Waals surface area contributed by atoms with E-state index < -0.39 is 0 Å². The molecule has 0 atom stereocenters. The highest BCUT2D eigenvalue weighted by atomic mass is 35.5. The zero-order valence-corrected chi connectivity index (χ0v) is 12.2. The lowest BCUT2D eigenvalue weighted by atomic mass is 10.4. The molecule has 0 spiro atoms. The van der Waals surface area contributed by atoms with Crippen molar-refractivity contribution >= 4 is 23.4 Å². The first-order chi connectivity index (χ1) is 8.18. The predicted octanol–water partition coefficient (Wildman–Crippen LogP) is 2.97. The van der Waals surface area contributed by atoms with Gasteiger partial charge in [-0.05, 0) is 57.9 Å². The van der Waals surface area contributed by atoms with E-state index in [1.54, 1.807) is 0 Å². The Bertz CT molecular complexity index is 301. The molecule has 2 nitrogen and oxygen atoms in total. The number of halogens is 1. The van der Waals surface area contributed by atoms with Crippen LogP contribution in [-0.2, 0) is 0 Å². The van der Waals surface area contributed by atoms with Gasteiger partial charge < -0.3 is 10.2 Å². The molecule has 4 heteroatoms. The number of thioether (sulfide) groups is 1. The molecule has 0 saturated heterocycles. The van der Waals surface area contributed by atoms with E-state index >= 15 is 0 Å². The maximum atomic E-state index is 5.83. The molecular weight excluding hydrogens is 252 g/mol. The second kappa shape index (κ2) is 8.81. The van der Waals surface area contributed by atoms with Crippen LogP contribution in [0.2, 0.25) is 5.02 Å². The van der Waals surface area contributed by atoms with Crippen LogP contribution in [-0.4, -0.2) is 44.4 Å². The largest absolute Gasteiger partial charge is 0.316 e. The summed E-state index contributed by atoms with van der Waals surface area (Å²) >= 11 is 7.69. The standard InChI is InChI=1S/C13H21ClN2S/c1-16(2)10-3-8-15-9-11-17-13-6-4-12(14)5-7-13/h4-7,15H,3,8-11H2,1-2H3. The third-order valence-corrected chi connectivity index (χ3v) is 3.59. The van der Waals surface area contributed by atoms with Crippen molar-refractivity contribution < 1.29 is 0 Å². The number of benzene rings is 1. The molecule has 96 valence electrons. The van der Waals surface area contributed by atoms with Crippen LogP contribution >= 0.6 is 23.4 Å². The topological polar surface area (TPSA) is 15.3 Å². The van der Waals surface area contributed by atoms with Gasteiger partial charge >= 0.3 is 0 Å². The van der Waals surface area contributed by atoms with Gasteiger partial charge in [0.2, 0.25) is 0 Å². The molecule has 1 rings (SSSR count). The summed E-state index contributed by atoms with van der Waals surface area (Å²) in [7, 11) is 4.22. The number of nitrogens with one attached hydrogen (secondary N) is 1. The Morgan fingerprint density at radius 2 is 1.88 bits per heavy atom. The Morgan fingerprint density at radius 1 is 1.18 bits per heavy atom. The van der Waals surface area contributed by atoms with E-state index in [0.29, 0.717) is 0 Å². The summed E-state index contributed by atoms with van der Waals surface area (Å²) in [5.41, 5.74) is 0. The second-order valence-corrected chi connectivity index (χ2v) is 5.81. The van der Waals surface area contributed by atoms with Gasteiger partial charge in [0.15, 0.2) is 0 Å². The van der Waals surface area contributed by atoms with Gasteiger partial charge in [-0.2, -0.15) is 0 Å². The number of hydrogen-bond acceptors (Lipinski definition) is 3. The third-order valence-electron chi connectivity index (χ3n) is 2.32. The quantitative estimate of drug-likeness (QED) is 0.579. The van der Waals surface area contributed by atoms with E-state index in [-0.39, 0.29) is 0 Å². The minimum atomic E-state index is 0.802. The summed E-state index contributed by atoms with van der Waals surface area (Å²) < 4.78 is 0. The van der Waals surface area contributed by atoms with Gasteiger partial charge in [0.1, 0.15) is 0 Å². The predicted molar refractivity (Wildman–Crippen MR) is 78.2 cm³/mol. The molecule has 1 aromatic rings. The fourth-order valence-corrected chi connectivity index (χ4v) is 2.35. The van der Waals surface area contributed by atoms with Crippen molar-refractivity contribution in [2.45, 2.75) is 11.3 Å². The van der Waals surface area contributed by atoms with Crippen molar-refractivity contribution in [3.05, 3.63) is 29.3 Å². The van der Waals surface area contributed by atoms with Gasteiger partial charge in [-0.1, -0.05) is 11.6 Å². The fraction of sp³-hybridized carbons (Fsp3) is 0.538. The SMILES string of the molecule is CN(C)CCCNCCSc1ccc(Cl)cc1. The molecule has 0 saturated carbocycles. The Kier molecular flexibility index (Phi) is 7.69. The normalized spacial score (nSPS) is 11.1. The number of nitrogens with zero attached hydrogens (tertiary/aromatic N) is 1. The van der Waals surface area contributed by atoms with Crippen LogP contribution in [0.3, 0.4) is 0 Å². The molecule has 0 aliphatic heterocycles. The molecule has 0 heterocycles. The smallest absolute Gasteiger partial charge is 0.0406 e. The summed E-state index contributed by atoms with van der Waals surface area (Å²) in [4.78, 5) is 3.49. The molecule has 1 N–H and O–H groups in total. The first kappa shape index (κ1) is 14.8. The highest BCUT2D eigenvalue weighted by Gasteiger charge is 1.94. The lowest BCUT2D eigenvalue weighted by Crippen LogP contribution is -2.23. The van der Waals surface area contributed by atoms with Crippen molar-refractivity contribution in [1.29, 1.82) is 0 Å². The Hall–Kier alpha value is -0.220. The molecular formula is C13H21ClN2S. The van der Waals surface area contributed by atoms with Gasteiger partial charge in [0, 0.05) is 22.2 Å². The Balaban J connectivity index is 1.99. The Labute approximate surface area is 114 Å². The van der Waals surface area contributed by atoms with Gasteiger partial charge in [-0.15, -0.1) is 11.8 Å². The first-order valence-corrected chi connectivity index (χ1v) is 7.28.